The molecule has 2 aromatic carbocycles. The molecule has 1 atom stereocenters. The van der Waals surface area contributed by atoms with Crippen LogP contribution in [0.4, 0.5) is 4.39 Å². The molecule has 126 valence electrons. The van der Waals surface area contributed by atoms with E-state index in [1.54, 1.807) is 19.2 Å². The Morgan fingerprint density at radius 1 is 1.17 bits per heavy atom. The van der Waals surface area contributed by atoms with E-state index in [-0.39, 0.29) is 11.9 Å². The SMILES string of the molecule is CN=C(NCCc1ccc(F)cc1)NCC1Cc2ccccc2O1. The van der Waals surface area contributed by atoms with Crippen molar-refractivity contribution in [3.05, 3.63) is 65.5 Å². The van der Waals surface area contributed by atoms with Crippen molar-refractivity contribution in [1.29, 1.82) is 0 Å². The van der Waals surface area contributed by atoms with Crippen LogP contribution >= 0.6 is 0 Å². The van der Waals surface area contributed by atoms with Crippen LogP contribution in [0.25, 0.3) is 0 Å². The van der Waals surface area contributed by atoms with Crippen LogP contribution in [-0.2, 0) is 12.8 Å². The van der Waals surface area contributed by atoms with Crippen LogP contribution in [0.1, 0.15) is 11.1 Å². The summed E-state index contributed by atoms with van der Waals surface area (Å²) in [6.07, 6.45) is 1.85. The Kier molecular flexibility index (Phi) is 5.31. The predicted octanol–water partition coefficient (Wildman–Crippen LogP) is 2.54. The summed E-state index contributed by atoms with van der Waals surface area (Å²) in [4.78, 5) is 4.22. The average Bonchev–Trinajstić information content (AvgIpc) is 3.02. The van der Waals surface area contributed by atoms with E-state index in [9.17, 15) is 4.39 Å². The Hall–Kier alpha value is -2.56. The lowest BCUT2D eigenvalue weighted by Crippen LogP contribution is -2.42. The number of nitrogens with one attached hydrogen (secondary N) is 2. The Bertz CT molecular complexity index is 675. The second-order valence-corrected chi connectivity index (χ2v) is 5.81. The molecule has 1 aliphatic rings. The van der Waals surface area contributed by atoms with Crippen molar-refractivity contribution >= 4 is 5.96 Å². The van der Waals surface area contributed by atoms with Gasteiger partial charge in [0.05, 0.1) is 6.54 Å². The highest BCUT2D eigenvalue weighted by Gasteiger charge is 2.22. The quantitative estimate of drug-likeness (QED) is 0.655. The lowest BCUT2D eigenvalue weighted by atomic mass is 10.1. The van der Waals surface area contributed by atoms with Crippen molar-refractivity contribution in [1.82, 2.24) is 10.6 Å². The number of hydrogen-bond donors (Lipinski definition) is 2. The van der Waals surface area contributed by atoms with E-state index in [1.165, 1.54) is 17.7 Å². The second kappa shape index (κ2) is 7.81. The maximum absolute atomic E-state index is 12.9. The van der Waals surface area contributed by atoms with E-state index in [1.807, 2.05) is 18.2 Å². The number of ether oxygens (including phenoxy) is 1. The fourth-order valence-electron chi connectivity index (χ4n) is 2.78. The number of rotatable bonds is 5. The molecule has 0 fully saturated rings. The highest BCUT2D eigenvalue weighted by Crippen LogP contribution is 2.27. The summed E-state index contributed by atoms with van der Waals surface area (Å²) in [6.45, 7) is 1.43. The Labute approximate surface area is 141 Å². The molecule has 0 aromatic heterocycles. The van der Waals surface area contributed by atoms with Crippen LogP contribution in [0, 0.1) is 5.82 Å². The number of hydrogen-bond acceptors (Lipinski definition) is 2. The smallest absolute Gasteiger partial charge is 0.191 e. The number of nitrogens with zero attached hydrogens (tertiary/aromatic N) is 1. The zero-order valence-corrected chi connectivity index (χ0v) is 13.8. The molecular weight excluding hydrogens is 305 g/mol. The molecule has 4 nitrogen and oxygen atoms in total. The number of guanidine groups is 1. The van der Waals surface area contributed by atoms with E-state index < -0.39 is 0 Å². The fourth-order valence-corrected chi connectivity index (χ4v) is 2.78. The van der Waals surface area contributed by atoms with Gasteiger partial charge in [-0.3, -0.25) is 4.99 Å². The first-order valence-corrected chi connectivity index (χ1v) is 8.18. The van der Waals surface area contributed by atoms with Crippen LogP contribution in [0.15, 0.2) is 53.5 Å². The first-order valence-electron chi connectivity index (χ1n) is 8.18. The van der Waals surface area contributed by atoms with E-state index in [4.69, 9.17) is 4.74 Å². The van der Waals surface area contributed by atoms with Crippen LogP contribution < -0.4 is 15.4 Å². The van der Waals surface area contributed by atoms with Crippen molar-refractivity contribution in [2.24, 2.45) is 4.99 Å². The van der Waals surface area contributed by atoms with Crippen molar-refractivity contribution in [3.8, 4) is 5.75 Å². The molecule has 1 unspecified atom stereocenters. The average molecular weight is 327 g/mol. The van der Waals surface area contributed by atoms with E-state index in [0.717, 1.165) is 36.7 Å². The highest BCUT2D eigenvalue weighted by atomic mass is 19.1. The van der Waals surface area contributed by atoms with Gasteiger partial charge in [-0.15, -0.1) is 0 Å². The molecule has 1 aliphatic heterocycles. The van der Waals surface area contributed by atoms with Gasteiger partial charge in [-0.1, -0.05) is 30.3 Å². The molecule has 24 heavy (non-hydrogen) atoms. The number of aliphatic imine (C=N–C) groups is 1. The fraction of sp³-hybridized carbons (Fsp3) is 0.316. The van der Waals surface area contributed by atoms with Gasteiger partial charge in [0.25, 0.3) is 0 Å². The Morgan fingerprint density at radius 3 is 2.71 bits per heavy atom. The highest BCUT2D eigenvalue weighted by molar-refractivity contribution is 5.79. The summed E-state index contributed by atoms with van der Waals surface area (Å²) in [5, 5.41) is 6.56. The minimum Gasteiger partial charge on any atom is -0.488 e. The van der Waals surface area contributed by atoms with Gasteiger partial charge in [0.2, 0.25) is 0 Å². The Morgan fingerprint density at radius 2 is 1.96 bits per heavy atom. The topological polar surface area (TPSA) is 45.7 Å². The van der Waals surface area contributed by atoms with Crippen LogP contribution in [-0.4, -0.2) is 32.2 Å². The van der Waals surface area contributed by atoms with E-state index in [2.05, 4.69) is 21.7 Å². The molecule has 0 amide bonds. The maximum atomic E-state index is 12.9. The zero-order chi connectivity index (χ0) is 16.8. The lowest BCUT2D eigenvalue weighted by Gasteiger charge is -2.15. The molecule has 0 radical (unpaired) electrons. The molecule has 0 saturated heterocycles. The number of fused-ring (bicyclic) bond motifs is 1. The Balaban J connectivity index is 1.40. The van der Waals surface area contributed by atoms with Gasteiger partial charge in [0.1, 0.15) is 17.7 Å². The number of halogens is 1. The van der Waals surface area contributed by atoms with Gasteiger partial charge in [0, 0.05) is 20.0 Å². The molecule has 3 rings (SSSR count). The molecule has 2 N–H and O–H groups in total. The molecule has 0 bridgehead atoms. The van der Waals surface area contributed by atoms with Crippen LogP contribution in [0.2, 0.25) is 0 Å². The summed E-state index contributed by atoms with van der Waals surface area (Å²) in [7, 11) is 1.75. The second-order valence-electron chi connectivity index (χ2n) is 5.81. The van der Waals surface area contributed by atoms with Gasteiger partial charge in [-0.05, 0) is 35.7 Å². The summed E-state index contributed by atoms with van der Waals surface area (Å²) in [6, 6.07) is 14.7. The normalized spacial score (nSPS) is 16.4. The monoisotopic (exact) mass is 327 g/mol. The molecular formula is C19H22FN3O. The van der Waals surface area contributed by atoms with Gasteiger partial charge < -0.3 is 15.4 Å². The molecule has 0 spiro atoms. The molecule has 0 saturated carbocycles. The first-order chi connectivity index (χ1) is 11.7. The summed E-state index contributed by atoms with van der Waals surface area (Å²) in [5.74, 6) is 1.52. The first kappa shape index (κ1) is 16.3. The third-order valence-corrected chi connectivity index (χ3v) is 4.05. The largest absolute Gasteiger partial charge is 0.488 e. The van der Waals surface area contributed by atoms with Crippen molar-refractivity contribution in [3.63, 3.8) is 0 Å². The maximum Gasteiger partial charge on any atom is 0.191 e. The van der Waals surface area contributed by atoms with Crippen molar-refractivity contribution in [2.75, 3.05) is 20.1 Å². The van der Waals surface area contributed by atoms with E-state index >= 15 is 0 Å². The van der Waals surface area contributed by atoms with Gasteiger partial charge in [-0.25, -0.2) is 4.39 Å². The molecule has 0 aliphatic carbocycles. The standard InChI is InChI=1S/C19H22FN3O/c1-21-19(22-11-10-14-6-8-16(20)9-7-14)23-13-17-12-15-4-2-3-5-18(15)24-17/h2-9,17H,10-13H2,1H3,(H2,21,22,23). The molecule has 2 aromatic rings. The molecule has 1 heterocycles. The van der Waals surface area contributed by atoms with Gasteiger partial charge in [0.15, 0.2) is 5.96 Å². The lowest BCUT2D eigenvalue weighted by molar-refractivity contribution is 0.235. The third-order valence-electron chi connectivity index (χ3n) is 4.05. The summed E-state index contributed by atoms with van der Waals surface area (Å²) < 4.78 is 18.8. The summed E-state index contributed by atoms with van der Waals surface area (Å²) >= 11 is 0. The van der Waals surface area contributed by atoms with Gasteiger partial charge in [-0.2, -0.15) is 0 Å². The zero-order valence-electron chi connectivity index (χ0n) is 13.8. The van der Waals surface area contributed by atoms with Crippen molar-refractivity contribution < 1.29 is 9.13 Å². The number of benzene rings is 2. The van der Waals surface area contributed by atoms with Crippen LogP contribution in [0.3, 0.4) is 0 Å². The number of para-hydroxylation sites is 1. The predicted molar refractivity (Wildman–Crippen MR) is 94.0 cm³/mol. The minimum absolute atomic E-state index is 0.123. The van der Waals surface area contributed by atoms with Crippen molar-refractivity contribution in [2.45, 2.75) is 18.9 Å². The van der Waals surface area contributed by atoms with E-state index in [0.29, 0.717) is 6.54 Å². The molecule has 5 heteroatoms. The summed E-state index contributed by atoms with van der Waals surface area (Å²) in [5.41, 5.74) is 2.34. The minimum atomic E-state index is -0.207. The third kappa shape index (κ3) is 4.25. The van der Waals surface area contributed by atoms with Gasteiger partial charge >= 0.3 is 0 Å². The van der Waals surface area contributed by atoms with Crippen LogP contribution in [0.5, 0.6) is 5.75 Å².